The largest absolute Gasteiger partial charge is 0.264 e. The van der Waals surface area contributed by atoms with E-state index in [1.165, 1.54) is 0 Å². The molecule has 0 spiro atoms. The molecule has 0 aromatic carbocycles. The Morgan fingerprint density at radius 3 is 2.64 bits per heavy atom. The Kier molecular flexibility index (Phi) is 4.11. The normalized spacial score (nSPS) is 9.43. The van der Waals surface area contributed by atoms with E-state index in [9.17, 15) is 0 Å². The fourth-order valence-electron chi connectivity index (χ4n) is 0.998. The molecule has 2 aromatic heterocycles. The van der Waals surface area contributed by atoms with Crippen LogP contribution in [-0.4, -0.2) is 9.97 Å². The molecule has 0 amide bonds. The van der Waals surface area contributed by atoms with Crippen molar-refractivity contribution in [1.82, 2.24) is 9.97 Å². The van der Waals surface area contributed by atoms with Gasteiger partial charge < -0.3 is 0 Å². The van der Waals surface area contributed by atoms with E-state index in [2.05, 4.69) is 9.97 Å². The van der Waals surface area contributed by atoms with E-state index in [0.717, 1.165) is 10.9 Å². The molecule has 0 bridgehead atoms. The third-order valence-electron chi connectivity index (χ3n) is 1.53. The van der Waals surface area contributed by atoms with Gasteiger partial charge in [-0.1, -0.05) is 37.0 Å². The van der Waals surface area contributed by atoms with Crippen molar-refractivity contribution in [3.63, 3.8) is 0 Å². The van der Waals surface area contributed by atoms with Gasteiger partial charge in [0.2, 0.25) is 0 Å². The van der Waals surface area contributed by atoms with Crippen LogP contribution >= 0.6 is 23.2 Å². The van der Waals surface area contributed by atoms with Gasteiger partial charge in [-0.15, -0.1) is 0 Å². The van der Waals surface area contributed by atoms with Gasteiger partial charge in [0.1, 0.15) is 5.15 Å². The van der Waals surface area contributed by atoms with E-state index in [1.54, 1.807) is 24.5 Å². The molecule has 0 saturated carbocycles. The van der Waals surface area contributed by atoms with E-state index in [-0.39, 0.29) is 0 Å². The van der Waals surface area contributed by atoms with E-state index in [0.29, 0.717) is 10.2 Å². The minimum atomic E-state index is 0.402. The number of nitrogens with zero attached hydrogens (tertiary/aromatic N) is 2. The van der Waals surface area contributed by atoms with Crippen LogP contribution in [0.5, 0.6) is 0 Å². The number of aromatic nitrogens is 2. The summed E-state index contributed by atoms with van der Waals surface area (Å²) < 4.78 is 0. The zero-order valence-electron chi connectivity index (χ0n) is 7.96. The van der Waals surface area contributed by atoms with Crippen LogP contribution in [-0.2, 0) is 0 Å². The number of hydrogen-bond acceptors (Lipinski definition) is 2. The Balaban J connectivity index is 0.000000461. The molecule has 0 fully saturated rings. The second-order valence-corrected chi connectivity index (χ2v) is 3.11. The molecule has 2 nitrogen and oxygen atoms in total. The van der Waals surface area contributed by atoms with E-state index in [4.69, 9.17) is 23.2 Å². The molecule has 2 aromatic rings. The fraction of sp³-hybridized carbons (Fsp3) is 0.200. The molecular weight excluding hydrogens is 219 g/mol. The minimum Gasteiger partial charge on any atom is -0.264 e. The molecule has 0 aliphatic carbocycles. The molecule has 74 valence electrons. The molecule has 0 saturated heterocycles. The lowest BCUT2D eigenvalue weighted by Gasteiger charge is -1.98. The monoisotopic (exact) mass is 228 g/mol. The second-order valence-electron chi connectivity index (χ2n) is 2.32. The van der Waals surface area contributed by atoms with Crippen molar-refractivity contribution < 1.29 is 0 Å². The zero-order valence-corrected chi connectivity index (χ0v) is 9.47. The first-order valence-corrected chi connectivity index (χ1v) is 5.09. The molecule has 4 heteroatoms. The summed E-state index contributed by atoms with van der Waals surface area (Å²) in [5.74, 6) is 0. The predicted molar refractivity (Wildman–Crippen MR) is 60.9 cm³/mol. The molecule has 0 aliphatic heterocycles. The number of halogens is 2. The van der Waals surface area contributed by atoms with Crippen LogP contribution in [0, 0.1) is 0 Å². The summed E-state index contributed by atoms with van der Waals surface area (Å²) in [6.07, 6.45) is 3.32. The number of rotatable bonds is 0. The van der Waals surface area contributed by atoms with Gasteiger partial charge in [-0.25, -0.2) is 4.98 Å². The third-order valence-corrected chi connectivity index (χ3v) is 2.03. The summed E-state index contributed by atoms with van der Waals surface area (Å²) in [5, 5.41) is 1.81. The van der Waals surface area contributed by atoms with Crippen LogP contribution in [0.4, 0.5) is 0 Å². The van der Waals surface area contributed by atoms with E-state index >= 15 is 0 Å². The Morgan fingerprint density at radius 1 is 1.21 bits per heavy atom. The highest BCUT2D eigenvalue weighted by molar-refractivity contribution is 6.37. The Hall–Kier alpha value is -0.860. The maximum atomic E-state index is 5.90. The smallest absolute Gasteiger partial charge is 0.131 e. The van der Waals surface area contributed by atoms with Crippen molar-refractivity contribution in [1.29, 1.82) is 0 Å². The lowest BCUT2D eigenvalue weighted by atomic mass is 10.3. The summed E-state index contributed by atoms with van der Waals surface area (Å²) in [5.41, 5.74) is 0.766. The SMILES string of the molecule is CC.Clc1cc(Cl)c2cnccc2n1. The highest BCUT2D eigenvalue weighted by Gasteiger charge is 2.01. The topological polar surface area (TPSA) is 25.8 Å². The van der Waals surface area contributed by atoms with Crippen molar-refractivity contribution in [3.05, 3.63) is 34.7 Å². The third kappa shape index (κ3) is 2.34. The van der Waals surface area contributed by atoms with Crippen LogP contribution in [0.1, 0.15) is 13.8 Å². The van der Waals surface area contributed by atoms with Crippen molar-refractivity contribution in [2.45, 2.75) is 13.8 Å². The van der Waals surface area contributed by atoms with Crippen molar-refractivity contribution >= 4 is 34.1 Å². The molecular formula is C10H10Cl2N2. The maximum Gasteiger partial charge on any atom is 0.131 e. The van der Waals surface area contributed by atoms with Crippen molar-refractivity contribution in [2.75, 3.05) is 0 Å². The molecule has 0 unspecified atom stereocenters. The Labute approximate surface area is 92.9 Å². The quantitative estimate of drug-likeness (QED) is 0.639. The van der Waals surface area contributed by atoms with Gasteiger partial charge in [0.15, 0.2) is 0 Å². The van der Waals surface area contributed by atoms with Crippen LogP contribution < -0.4 is 0 Å². The first-order chi connectivity index (χ1) is 6.77. The predicted octanol–water partition coefficient (Wildman–Crippen LogP) is 3.96. The number of fused-ring (bicyclic) bond motifs is 1. The Morgan fingerprint density at radius 2 is 1.93 bits per heavy atom. The summed E-state index contributed by atoms with van der Waals surface area (Å²) in [6, 6.07) is 3.38. The van der Waals surface area contributed by atoms with E-state index < -0.39 is 0 Å². The van der Waals surface area contributed by atoms with Crippen molar-refractivity contribution in [2.24, 2.45) is 0 Å². The first kappa shape index (κ1) is 11.2. The molecule has 2 heterocycles. The highest BCUT2D eigenvalue weighted by atomic mass is 35.5. The fourth-order valence-corrected chi connectivity index (χ4v) is 1.50. The zero-order chi connectivity index (χ0) is 10.6. The molecule has 0 radical (unpaired) electrons. The number of pyridine rings is 2. The van der Waals surface area contributed by atoms with Crippen LogP contribution in [0.25, 0.3) is 10.9 Å². The Bertz CT molecular complexity index is 429. The lowest BCUT2D eigenvalue weighted by Crippen LogP contribution is -1.81. The lowest BCUT2D eigenvalue weighted by molar-refractivity contribution is 1.32. The van der Waals surface area contributed by atoms with Gasteiger partial charge in [-0.2, -0.15) is 0 Å². The maximum absolute atomic E-state index is 5.90. The molecule has 0 N–H and O–H groups in total. The molecule has 14 heavy (non-hydrogen) atoms. The van der Waals surface area contributed by atoms with Crippen molar-refractivity contribution in [3.8, 4) is 0 Å². The highest BCUT2D eigenvalue weighted by Crippen LogP contribution is 2.23. The summed E-state index contributed by atoms with van der Waals surface area (Å²) in [6.45, 7) is 4.00. The van der Waals surface area contributed by atoms with Gasteiger partial charge in [0.25, 0.3) is 0 Å². The average molecular weight is 229 g/mol. The van der Waals surface area contributed by atoms with Crippen LogP contribution in [0.15, 0.2) is 24.5 Å². The van der Waals surface area contributed by atoms with E-state index in [1.807, 2.05) is 13.8 Å². The van der Waals surface area contributed by atoms with Gasteiger partial charge in [-0.05, 0) is 12.1 Å². The van der Waals surface area contributed by atoms with Gasteiger partial charge >= 0.3 is 0 Å². The standard InChI is InChI=1S/C8H4Cl2N2.C2H6/c9-6-3-8(10)12-7-1-2-11-4-5(6)7;1-2/h1-4H;1-2H3. The molecule has 0 atom stereocenters. The molecule has 0 aliphatic rings. The van der Waals surface area contributed by atoms with Crippen LogP contribution in [0.2, 0.25) is 10.2 Å². The number of hydrogen-bond donors (Lipinski definition) is 0. The minimum absolute atomic E-state index is 0.402. The summed E-state index contributed by atoms with van der Waals surface area (Å²) >= 11 is 11.6. The van der Waals surface area contributed by atoms with Gasteiger partial charge in [-0.3, -0.25) is 4.98 Å². The average Bonchev–Trinajstić information content (AvgIpc) is 2.20. The van der Waals surface area contributed by atoms with Gasteiger partial charge in [0, 0.05) is 17.8 Å². The van der Waals surface area contributed by atoms with Gasteiger partial charge in [0.05, 0.1) is 10.5 Å². The summed E-state index contributed by atoms with van der Waals surface area (Å²) in [7, 11) is 0. The summed E-state index contributed by atoms with van der Waals surface area (Å²) in [4.78, 5) is 8.01. The first-order valence-electron chi connectivity index (χ1n) is 4.33. The van der Waals surface area contributed by atoms with Crippen LogP contribution in [0.3, 0.4) is 0 Å². The molecule has 2 rings (SSSR count). The second kappa shape index (κ2) is 5.13.